The smallest absolute Gasteiger partial charge is 0.268 e. The molecule has 0 radical (unpaired) electrons. The largest absolute Gasteiger partial charge is 0.351 e. The van der Waals surface area contributed by atoms with Gasteiger partial charge in [-0.3, -0.25) is 4.79 Å². The monoisotopic (exact) mass is 326 g/mol. The first kappa shape index (κ1) is 15.6. The fraction of sp³-hybridized carbons (Fsp3) is 0.211. The third-order valence-corrected chi connectivity index (χ3v) is 4.45. The van der Waals surface area contributed by atoms with E-state index in [2.05, 4.69) is 28.5 Å². The highest BCUT2D eigenvalue weighted by atomic mass is 35.5. The van der Waals surface area contributed by atoms with Crippen molar-refractivity contribution in [3.8, 4) is 0 Å². The lowest BCUT2D eigenvalue weighted by Gasteiger charge is -2.26. The lowest BCUT2D eigenvalue weighted by Crippen LogP contribution is -2.31. The zero-order valence-corrected chi connectivity index (χ0v) is 13.5. The zero-order valence-electron chi connectivity index (χ0n) is 12.7. The van der Waals surface area contributed by atoms with Gasteiger partial charge in [-0.15, -0.1) is 12.4 Å². The molecular formula is C19H19ClN2O. The van der Waals surface area contributed by atoms with Crippen LogP contribution in [0.2, 0.25) is 0 Å². The Kier molecular flexibility index (Phi) is 4.39. The van der Waals surface area contributed by atoms with Gasteiger partial charge in [0.05, 0.1) is 6.04 Å². The second kappa shape index (κ2) is 6.47. The number of halogens is 1. The first-order chi connectivity index (χ1) is 10.8. The number of carbonyl (C=O) groups is 1. The summed E-state index contributed by atoms with van der Waals surface area (Å²) in [6.07, 6.45) is 3.23. The van der Waals surface area contributed by atoms with Gasteiger partial charge in [-0.2, -0.15) is 0 Å². The Hall–Kier alpha value is -2.26. The SMILES string of the molecule is Cl.O=C(NC1CCCc2ccccc21)c1cc2ccccc2[nH]1. The summed E-state index contributed by atoms with van der Waals surface area (Å²) in [7, 11) is 0. The standard InChI is InChI=1S/C19H18N2O.ClH/c22-19(18-12-14-7-2-4-10-16(14)20-18)21-17-11-5-8-13-6-1-3-9-15(13)17;/h1-4,6-7,9-10,12,17,20H,5,8,11H2,(H,21,22);1H. The number of nitrogens with one attached hydrogen (secondary N) is 2. The number of aryl methyl sites for hydroxylation is 1. The Labute approximate surface area is 141 Å². The highest BCUT2D eigenvalue weighted by Gasteiger charge is 2.22. The predicted molar refractivity (Wildman–Crippen MR) is 95.1 cm³/mol. The Bertz CT molecular complexity index is 807. The fourth-order valence-corrected chi connectivity index (χ4v) is 3.34. The van der Waals surface area contributed by atoms with E-state index in [0.29, 0.717) is 5.69 Å². The molecule has 1 aromatic heterocycles. The second-order valence-corrected chi connectivity index (χ2v) is 5.89. The van der Waals surface area contributed by atoms with Crippen molar-refractivity contribution in [3.63, 3.8) is 0 Å². The van der Waals surface area contributed by atoms with E-state index in [4.69, 9.17) is 0 Å². The van der Waals surface area contributed by atoms with E-state index in [1.165, 1.54) is 11.1 Å². The van der Waals surface area contributed by atoms with E-state index in [1.807, 2.05) is 36.4 Å². The molecule has 4 heteroatoms. The molecule has 1 unspecified atom stereocenters. The van der Waals surface area contributed by atoms with Crippen molar-refractivity contribution < 1.29 is 4.79 Å². The lowest BCUT2D eigenvalue weighted by molar-refractivity contribution is 0.0928. The van der Waals surface area contributed by atoms with Gasteiger partial charge in [-0.1, -0.05) is 42.5 Å². The molecule has 3 nitrogen and oxygen atoms in total. The van der Waals surface area contributed by atoms with Crippen LogP contribution in [-0.4, -0.2) is 10.9 Å². The predicted octanol–water partition coefficient (Wildman–Crippen LogP) is 4.40. The molecule has 1 atom stereocenters. The fourth-order valence-electron chi connectivity index (χ4n) is 3.34. The number of carbonyl (C=O) groups excluding carboxylic acids is 1. The van der Waals surface area contributed by atoms with Crippen LogP contribution in [-0.2, 0) is 6.42 Å². The van der Waals surface area contributed by atoms with Gasteiger partial charge < -0.3 is 10.3 Å². The Balaban J connectivity index is 0.00000156. The minimum atomic E-state index is -0.0297. The normalized spacial score (nSPS) is 16.4. The number of hydrogen-bond acceptors (Lipinski definition) is 1. The van der Waals surface area contributed by atoms with Crippen molar-refractivity contribution in [2.24, 2.45) is 0 Å². The molecule has 0 fully saturated rings. The number of hydrogen-bond donors (Lipinski definition) is 2. The van der Waals surface area contributed by atoms with Gasteiger partial charge in [0.1, 0.15) is 5.69 Å². The maximum absolute atomic E-state index is 12.5. The molecule has 1 aliphatic carbocycles. The van der Waals surface area contributed by atoms with E-state index < -0.39 is 0 Å². The summed E-state index contributed by atoms with van der Waals surface area (Å²) in [5.41, 5.74) is 4.25. The summed E-state index contributed by atoms with van der Waals surface area (Å²) < 4.78 is 0. The van der Waals surface area contributed by atoms with Crippen LogP contribution in [0.3, 0.4) is 0 Å². The van der Waals surface area contributed by atoms with Crippen molar-refractivity contribution in [2.75, 3.05) is 0 Å². The van der Waals surface area contributed by atoms with Gasteiger partial charge in [-0.25, -0.2) is 0 Å². The molecule has 2 N–H and O–H groups in total. The van der Waals surface area contributed by atoms with Crippen LogP contribution in [0, 0.1) is 0 Å². The first-order valence-corrected chi connectivity index (χ1v) is 7.78. The quantitative estimate of drug-likeness (QED) is 0.720. The van der Waals surface area contributed by atoms with Crippen LogP contribution in [0.15, 0.2) is 54.6 Å². The Morgan fingerprint density at radius 3 is 2.74 bits per heavy atom. The highest BCUT2D eigenvalue weighted by molar-refractivity contribution is 5.98. The molecule has 2 aromatic carbocycles. The lowest BCUT2D eigenvalue weighted by atomic mass is 9.88. The van der Waals surface area contributed by atoms with Crippen LogP contribution in [0.1, 0.15) is 40.5 Å². The highest BCUT2D eigenvalue weighted by Crippen LogP contribution is 2.29. The number of H-pyrrole nitrogens is 1. The molecule has 1 heterocycles. The van der Waals surface area contributed by atoms with E-state index in [-0.39, 0.29) is 24.4 Å². The minimum Gasteiger partial charge on any atom is -0.351 e. The molecule has 1 amide bonds. The van der Waals surface area contributed by atoms with Crippen LogP contribution in [0.5, 0.6) is 0 Å². The number of aromatic amines is 1. The molecule has 23 heavy (non-hydrogen) atoms. The van der Waals surface area contributed by atoms with Crippen molar-refractivity contribution in [2.45, 2.75) is 25.3 Å². The summed E-state index contributed by atoms with van der Waals surface area (Å²) in [6.45, 7) is 0. The number of rotatable bonds is 2. The minimum absolute atomic E-state index is 0. The summed E-state index contributed by atoms with van der Waals surface area (Å²) in [5.74, 6) is -0.0297. The maximum atomic E-state index is 12.5. The van der Waals surface area contributed by atoms with Crippen molar-refractivity contribution in [3.05, 3.63) is 71.4 Å². The third-order valence-electron chi connectivity index (χ3n) is 4.45. The number of aromatic nitrogens is 1. The molecular weight excluding hydrogens is 308 g/mol. The van der Waals surface area contributed by atoms with Gasteiger partial charge in [0.2, 0.25) is 0 Å². The first-order valence-electron chi connectivity index (χ1n) is 7.78. The number of amides is 1. The van der Waals surface area contributed by atoms with E-state index >= 15 is 0 Å². The van der Waals surface area contributed by atoms with Crippen LogP contribution in [0.25, 0.3) is 10.9 Å². The average Bonchev–Trinajstić information content (AvgIpc) is 2.99. The van der Waals surface area contributed by atoms with Crippen LogP contribution < -0.4 is 5.32 Å². The molecule has 4 rings (SSSR count). The summed E-state index contributed by atoms with van der Waals surface area (Å²) >= 11 is 0. The topological polar surface area (TPSA) is 44.9 Å². The number of para-hydroxylation sites is 1. The van der Waals surface area contributed by atoms with E-state index in [1.54, 1.807) is 0 Å². The van der Waals surface area contributed by atoms with Gasteiger partial charge in [0.25, 0.3) is 5.91 Å². The molecule has 0 bridgehead atoms. The molecule has 0 spiro atoms. The summed E-state index contributed by atoms with van der Waals surface area (Å²) in [4.78, 5) is 15.7. The average molecular weight is 327 g/mol. The Morgan fingerprint density at radius 1 is 1.09 bits per heavy atom. The maximum Gasteiger partial charge on any atom is 0.268 e. The van der Waals surface area contributed by atoms with Crippen LogP contribution >= 0.6 is 12.4 Å². The van der Waals surface area contributed by atoms with Crippen molar-refractivity contribution in [1.29, 1.82) is 0 Å². The molecule has 118 valence electrons. The summed E-state index contributed by atoms with van der Waals surface area (Å²) in [6, 6.07) is 18.4. The van der Waals surface area contributed by atoms with Crippen LogP contribution in [0.4, 0.5) is 0 Å². The Morgan fingerprint density at radius 2 is 1.87 bits per heavy atom. The van der Waals surface area contributed by atoms with E-state index in [9.17, 15) is 4.79 Å². The summed E-state index contributed by atoms with van der Waals surface area (Å²) in [5, 5.41) is 4.25. The van der Waals surface area contributed by atoms with Crippen molar-refractivity contribution >= 4 is 29.2 Å². The van der Waals surface area contributed by atoms with Gasteiger partial charge in [0, 0.05) is 10.9 Å². The number of benzene rings is 2. The molecule has 0 aliphatic heterocycles. The zero-order chi connectivity index (χ0) is 14.9. The van der Waals surface area contributed by atoms with E-state index in [0.717, 1.165) is 30.2 Å². The molecule has 1 aliphatic rings. The molecule has 0 saturated heterocycles. The van der Waals surface area contributed by atoms with Gasteiger partial charge in [-0.05, 0) is 42.5 Å². The third kappa shape index (κ3) is 2.97. The van der Waals surface area contributed by atoms with Gasteiger partial charge >= 0.3 is 0 Å². The second-order valence-electron chi connectivity index (χ2n) is 5.89. The molecule has 0 saturated carbocycles. The number of fused-ring (bicyclic) bond motifs is 2. The molecule has 3 aromatic rings. The van der Waals surface area contributed by atoms with Gasteiger partial charge in [0.15, 0.2) is 0 Å². The van der Waals surface area contributed by atoms with Crippen molar-refractivity contribution in [1.82, 2.24) is 10.3 Å².